The molecule has 0 aromatic heterocycles. The van der Waals surface area contributed by atoms with Crippen LogP contribution in [0.3, 0.4) is 0 Å². The Morgan fingerprint density at radius 3 is 1.23 bits per heavy atom. The van der Waals surface area contributed by atoms with Gasteiger partial charge in [-0.15, -0.1) is 0 Å². The molecule has 0 rings (SSSR count). The molecule has 0 radical (unpaired) electrons. The first-order valence-corrected chi connectivity index (χ1v) is 27.3. The molecule has 2 atom stereocenters. The monoisotopic (exact) mass is 931 g/mol. The first-order chi connectivity index (χ1) is 32.1. The number of allylic oxidation sites excluding steroid dienone is 8. The number of nitrogens with zero attached hydrogens (tertiary/aromatic N) is 1. The second kappa shape index (κ2) is 48.7. The lowest BCUT2D eigenvalue weighted by atomic mass is 10.0. The highest BCUT2D eigenvalue weighted by molar-refractivity contribution is 5.71. The molecule has 1 N–H and O–H groups in total. The molecule has 2 unspecified atom stereocenters. The van der Waals surface area contributed by atoms with Crippen molar-refractivity contribution in [1.29, 1.82) is 0 Å². The smallest absolute Gasteiger partial charge is 0.361 e. The van der Waals surface area contributed by atoms with Crippen LogP contribution in [-0.4, -0.2) is 87.4 Å². The summed E-state index contributed by atoms with van der Waals surface area (Å²) in [6, 6.07) is 0. The van der Waals surface area contributed by atoms with Gasteiger partial charge in [0.1, 0.15) is 13.2 Å². The number of carbonyl (C=O) groups excluding carboxylic acids is 2. The van der Waals surface area contributed by atoms with Gasteiger partial charge < -0.3 is 28.5 Å². The Hall–Kier alpha value is -2.75. The number of ether oxygens (including phenoxy) is 4. The van der Waals surface area contributed by atoms with Crippen LogP contribution in [0.25, 0.3) is 0 Å². The number of quaternary nitrogens is 1. The maximum absolute atomic E-state index is 12.8. The Bertz CT molecular complexity index is 1220. The molecule has 0 aliphatic rings. The number of carbonyl (C=O) groups is 3. The van der Waals surface area contributed by atoms with Gasteiger partial charge in [-0.05, 0) is 77.0 Å². The number of likely N-dealkylation sites (N-methyl/N-ethyl adjacent to an activating group) is 1. The van der Waals surface area contributed by atoms with Crippen LogP contribution in [-0.2, 0) is 33.3 Å². The fraction of sp³-hybridized carbons (Fsp3) is 0.807. The highest BCUT2D eigenvalue weighted by Crippen LogP contribution is 2.15. The summed E-state index contributed by atoms with van der Waals surface area (Å²) in [6.45, 7) is 4.85. The number of aliphatic carboxylic acids is 1. The van der Waals surface area contributed by atoms with E-state index < -0.39 is 24.3 Å². The largest absolute Gasteiger partial charge is 0.477 e. The van der Waals surface area contributed by atoms with Crippen LogP contribution in [0.2, 0.25) is 0 Å². The molecule has 0 spiro atoms. The molecule has 384 valence electrons. The molecular formula is C57H104NO8+. The fourth-order valence-corrected chi connectivity index (χ4v) is 7.54. The van der Waals surface area contributed by atoms with Crippen LogP contribution in [0.5, 0.6) is 0 Å². The predicted octanol–water partition coefficient (Wildman–Crippen LogP) is 15.5. The molecule has 0 saturated heterocycles. The second-order valence-electron chi connectivity index (χ2n) is 19.5. The maximum Gasteiger partial charge on any atom is 0.361 e. The maximum atomic E-state index is 12.8. The summed E-state index contributed by atoms with van der Waals surface area (Å²) in [5.74, 6) is -2.01. The van der Waals surface area contributed by atoms with Gasteiger partial charge in [-0.1, -0.05) is 197 Å². The minimum Gasteiger partial charge on any atom is -0.477 e. The third-order valence-corrected chi connectivity index (χ3v) is 11.8. The van der Waals surface area contributed by atoms with E-state index in [0.717, 1.165) is 70.6 Å². The molecule has 0 bridgehead atoms. The van der Waals surface area contributed by atoms with Gasteiger partial charge in [-0.2, -0.15) is 0 Å². The minimum absolute atomic E-state index is 0.186. The molecule has 0 amide bonds. The number of unbranched alkanes of at least 4 members (excludes halogenated alkanes) is 27. The molecule has 0 aliphatic heterocycles. The van der Waals surface area contributed by atoms with E-state index in [9.17, 15) is 19.5 Å². The van der Waals surface area contributed by atoms with E-state index in [2.05, 4.69) is 62.5 Å². The molecule has 0 fully saturated rings. The molecule has 9 nitrogen and oxygen atoms in total. The number of hydrogen-bond acceptors (Lipinski definition) is 7. The van der Waals surface area contributed by atoms with Gasteiger partial charge in [0, 0.05) is 12.8 Å². The van der Waals surface area contributed by atoms with E-state index in [-0.39, 0.29) is 32.2 Å². The van der Waals surface area contributed by atoms with Gasteiger partial charge in [0.05, 0.1) is 34.4 Å². The Morgan fingerprint density at radius 1 is 0.455 bits per heavy atom. The molecule has 66 heavy (non-hydrogen) atoms. The van der Waals surface area contributed by atoms with Crippen molar-refractivity contribution in [2.24, 2.45) is 0 Å². The lowest BCUT2D eigenvalue weighted by Crippen LogP contribution is -2.40. The van der Waals surface area contributed by atoms with Crippen molar-refractivity contribution in [3.63, 3.8) is 0 Å². The molecule has 0 aromatic carbocycles. The Balaban J connectivity index is 4.24. The zero-order chi connectivity index (χ0) is 48.4. The molecule has 0 aromatic rings. The summed E-state index contributed by atoms with van der Waals surface area (Å²) in [7, 11) is 5.96. The first kappa shape index (κ1) is 63.2. The van der Waals surface area contributed by atoms with Gasteiger partial charge in [0.2, 0.25) is 0 Å². The van der Waals surface area contributed by atoms with E-state index >= 15 is 0 Å². The van der Waals surface area contributed by atoms with Crippen LogP contribution >= 0.6 is 0 Å². The Kier molecular flexibility index (Phi) is 46.7. The fourth-order valence-electron chi connectivity index (χ4n) is 7.54. The third kappa shape index (κ3) is 49.2. The zero-order valence-corrected chi connectivity index (χ0v) is 43.6. The van der Waals surface area contributed by atoms with Crippen molar-refractivity contribution >= 4 is 17.9 Å². The highest BCUT2D eigenvalue weighted by Gasteiger charge is 2.25. The molecule has 0 saturated carbocycles. The van der Waals surface area contributed by atoms with Crippen molar-refractivity contribution in [1.82, 2.24) is 0 Å². The number of carboxylic acid groups (broad SMARTS) is 1. The number of esters is 2. The summed E-state index contributed by atoms with van der Waals surface area (Å²) >= 11 is 0. The van der Waals surface area contributed by atoms with Crippen LogP contribution in [0.15, 0.2) is 48.6 Å². The standard InChI is InChI=1S/C57H103NO8/c1-6-8-10-12-14-16-18-20-22-23-24-25-26-27-28-29-30-31-32-33-34-36-38-40-42-44-46-48-55(60)66-53(52-65-57(56(61)62)63-50-49-58(3,4)5)51-64-54(59)47-45-43-41-39-37-35-21-19-17-15-13-11-9-7-2/h18-21,23-24,26-27,53,57H,6-17,22,25,28-52H2,1-5H3/p+1/b20-18-,21-19-,24-23-,27-26-. The summed E-state index contributed by atoms with van der Waals surface area (Å²) in [4.78, 5) is 37.3. The second-order valence-corrected chi connectivity index (χ2v) is 19.5. The lowest BCUT2D eigenvalue weighted by Gasteiger charge is -2.25. The van der Waals surface area contributed by atoms with Crippen molar-refractivity contribution in [2.75, 3.05) is 47.5 Å². The van der Waals surface area contributed by atoms with Crippen molar-refractivity contribution in [3.05, 3.63) is 48.6 Å². The van der Waals surface area contributed by atoms with Crippen LogP contribution in [0, 0.1) is 0 Å². The normalized spacial score (nSPS) is 13.2. The average Bonchev–Trinajstić information content (AvgIpc) is 3.28. The minimum atomic E-state index is -1.51. The number of carboxylic acids is 1. The van der Waals surface area contributed by atoms with Gasteiger partial charge in [0.15, 0.2) is 6.10 Å². The number of hydrogen-bond donors (Lipinski definition) is 1. The first-order valence-electron chi connectivity index (χ1n) is 27.3. The van der Waals surface area contributed by atoms with E-state index in [1.807, 2.05) is 21.1 Å². The molecule has 0 heterocycles. The SMILES string of the molecule is CCCCCCC/C=C\C/C=C\C/C=C\CCCCCCCCCCCCCCC(=O)OC(COC(=O)CCCCCCC/C=C\CCCCCCC)COC(OCC[N+](C)(C)C)C(=O)O. The van der Waals surface area contributed by atoms with Gasteiger partial charge in [-0.3, -0.25) is 9.59 Å². The predicted molar refractivity (Wildman–Crippen MR) is 277 cm³/mol. The lowest BCUT2D eigenvalue weighted by molar-refractivity contribution is -0.870. The van der Waals surface area contributed by atoms with E-state index in [4.69, 9.17) is 18.9 Å². The van der Waals surface area contributed by atoms with Gasteiger partial charge in [0.25, 0.3) is 6.29 Å². The molecule has 9 heteroatoms. The van der Waals surface area contributed by atoms with E-state index in [0.29, 0.717) is 17.4 Å². The van der Waals surface area contributed by atoms with Crippen molar-refractivity contribution < 1.29 is 42.9 Å². The third-order valence-electron chi connectivity index (χ3n) is 11.8. The topological polar surface area (TPSA) is 108 Å². The molecule has 0 aliphatic carbocycles. The van der Waals surface area contributed by atoms with E-state index in [1.54, 1.807) is 0 Å². The van der Waals surface area contributed by atoms with Crippen LogP contribution in [0.1, 0.15) is 239 Å². The quantitative estimate of drug-likeness (QED) is 0.0211. The summed E-state index contributed by atoms with van der Waals surface area (Å²) < 4.78 is 22.8. The van der Waals surface area contributed by atoms with Crippen LogP contribution in [0.4, 0.5) is 0 Å². The number of rotatable bonds is 50. The average molecular weight is 931 g/mol. The van der Waals surface area contributed by atoms with E-state index in [1.165, 1.54) is 141 Å². The Morgan fingerprint density at radius 2 is 0.818 bits per heavy atom. The summed E-state index contributed by atoms with van der Waals surface area (Å²) in [5, 5.41) is 9.67. The van der Waals surface area contributed by atoms with Gasteiger partial charge >= 0.3 is 17.9 Å². The van der Waals surface area contributed by atoms with Crippen molar-refractivity contribution in [2.45, 2.75) is 251 Å². The Labute approximate surface area is 406 Å². The van der Waals surface area contributed by atoms with Gasteiger partial charge in [-0.25, -0.2) is 4.79 Å². The van der Waals surface area contributed by atoms with Crippen LogP contribution < -0.4 is 0 Å². The highest BCUT2D eigenvalue weighted by atomic mass is 16.7. The summed E-state index contributed by atoms with van der Waals surface area (Å²) in [6.07, 6.45) is 56.1. The van der Waals surface area contributed by atoms with Crippen molar-refractivity contribution in [3.8, 4) is 0 Å². The zero-order valence-electron chi connectivity index (χ0n) is 43.6. The summed E-state index contributed by atoms with van der Waals surface area (Å²) in [5.41, 5.74) is 0. The molecular weight excluding hydrogens is 827 g/mol.